The monoisotopic (exact) mass is 365 g/mol. The Labute approximate surface area is 147 Å². The molecule has 0 aromatic heterocycles. The number of aliphatic imine (C=N–C) groups is 1. The van der Waals surface area contributed by atoms with Crippen molar-refractivity contribution in [3.63, 3.8) is 0 Å². The van der Waals surface area contributed by atoms with Crippen molar-refractivity contribution in [2.75, 3.05) is 7.11 Å². The quantitative estimate of drug-likeness (QED) is 0.369. The van der Waals surface area contributed by atoms with E-state index >= 15 is 0 Å². The van der Waals surface area contributed by atoms with E-state index in [0.29, 0.717) is 11.5 Å². The van der Waals surface area contributed by atoms with E-state index in [1.165, 1.54) is 23.9 Å². The number of alkyl halides is 3. The number of methoxy groups -OCH3 is 1. The van der Waals surface area contributed by atoms with Crippen LogP contribution in [0.1, 0.15) is 11.1 Å². The molecule has 0 heterocycles. The van der Waals surface area contributed by atoms with Crippen molar-refractivity contribution in [1.82, 2.24) is 5.32 Å². The lowest BCUT2D eigenvalue weighted by Gasteiger charge is -2.08. The lowest BCUT2D eigenvalue weighted by Crippen LogP contribution is -2.13. The second kappa shape index (κ2) is 8.44. The predicted octanol–water partition coefficient (Wildman–Crippen LogP) is 4.71. The molecule has 2 aromatic rings. The Kier molecular flexibility index (Phi) is 6.31. The van der Waals surface area contributed by atoms with E-state index in [1.807, 2.05) is 18.2 Å². The highest BCUT2D eigenvalue weighted by atomic mass is 32.2. The van der Waals surface area contributed by atoms with Gasteiger partial charge in [-0.3, -0.25) is 5.32 Å². The lowest BCUT2D eigenvalue weighted by molar-refractivity contribution is -0.137. The molecular weight excluding hydrogens is 351 g/mol. The van der Waals surface area contributed by atoms with Crippen molar-refractivity contribution in [2.24, 2.45) is 4.99 Å². The Bertz CT molecular complexity index is 800. The number of rotatable bonds is 4. The summed E-state index contributed by atoms with van der Waals surface area (Å²) in [5.74, 6) is 1.17. The molecule has 0 aliphatic rings. The molecule has 0 spiro atoms. The van der Waals surface area contributed by atoms with Crippen LogP contribution in [0, 0.1) is 11.5 Å². The van der Waals surface area contributed by atoms with E-state index in [9.17, 15) is 13.2 Å². The van der Waals surface area contributed by atoms with Gasteiger partial charge < -0.3 is 4.74 Å². The van der Waals surface area contributed by atoms with Gasteiger partial charge in [0.2, 0.25) is 0 Å². The van der Waals surface area contributed by atoms with Gasteiger partial charge in [0.1, 0.15) is 5.75 Å². The minimum atomic E-state index is -4.44. The van der Waals surface area contributed by atoms with Crippen LogP contribution in [-0.2, 0) is 11.9 Å². The minimum Gasteiger partial charge on any atom is -0.497 e. The molecule has 0 saturated heterocycles. The maximum absolute atomic E-state index is 12.8. The maximum Gasteiger partial charge on any atom is 0.416 e. The van der Waals surface area contributed by atoms with E-state index in [0.717, 1.165) is 17.7 Å². The van der Waals surface area contributed by atoms with Crippen molar-refractivity contribution in [1.29, 1.82) is 5.26 Å². The summed E-state index contributed by atoms with van der Waals surface area (Å²) in [6, 6.07) is 12.0. The van der Waals surface area contributed by atoms with E-state index in [2.05, 4.69) is 10.3 Å². The first-order valence-corrected chi connectivity index (χ1v) is 8.07. The number of nitriles is 1. The standard InChI is InChI=1S/C17H14F3N3OS/c1-24-15-7-2-4-12(8-15)10-25-16(22-11-21)23-14-6-3-5-13(9-14)17(18,19)20/h2-9H,10H2,1H3,(H,22,23). The molecule has 4 nitrogen and oxygen atoms in total. The average molecular weight is 365 g/mol. The zero-order chi connectivity index (χ0) is 18.3. The van der Waals surface area contributed by atoms with Crippen molar-refractivity contribution < 1.29 is 17.9 Å². The number of benzene rings is 2. The average Bonchev–Trinajstić information content (AvgIpc) is 2.59. The van der Waals surface area contributed by atoms with Gasteiger partial charge in [-0.05, 0) is 35.9 Å². The first kappa shape index (κ1) is 18.7. The van der Waals surface area contributed by atoms with Gasteiger partial charge >= 0.3 is 6.18 Å². The Morgan fingerprint density at radius 2 is 2.00 bits per heavy atom. The van der Waals surface area contributed by atoms with Gasteiger partial charge in [-0.15, -0.1) is 0 Å². The third-order valence-electron chi connectivity index (χ3n) is 3.08. The zero-order valence-corrected chi connectivity index (χ0v) is 14.0. The lowest BCUT2D eigenvalue weighted by atomic mass is 10.2. The summed E-state index contributed by atoms with van der Waals surface area (Å²) in [6.45, 7) is 0. The van der Waals surface area contributed by atoms with E-state index in [1.54, 1.807) is 19.4 Å². The smallest absolute Gasteiger partial charge is 0.416 e. The molecule has 25 heavy (non-hydrogen) atoms. The molecule has 2 aromatic carbocycles. The van der Waals surface area contributed by atoms with Crippen LogP contribution in [0.4, 0.5) is 18.9 Å². The van der Waals surface area contributed by atoms with E-state index < -0.39 is 11.7 Å². The molecule has 130 valence electrons. The van der Waals surface area contributed by atoms with Crippen LogP contribution in [0.2, 0.25) is 0 Å². The highest BCUT2D eigenvalue weighted by Crippen LogP contribution is 2.31. The van der Waals surface area contributed by atoms with Crippen molar-refractivity contribution in [3.8, 4) is 11.9 Å². The van der Waals surface area contributed by atoms with E-state index in [-0.39, 0.29) is 10.9 Å². The number of nitrogens with one attached hydrogen (secondary N) is 1. The highest BCUT2D eigenvalue weighted by Gasteiger charge is 2.30. The molecule has 0 amide bonds. The summed E-state index contributed by atoms with van der Waals surface area (Å²) in [5.41, 5.74) is 0.259. The molecule has 0 aliphatic heterocycles. The van der Waals surface area contributed by atoms with Gasteiger partial charge in [-0.25, -0.2) is 4.99 Å². The molecule has 1 N–H and O–H groups in total. The topological polar surface area (TPSA) is 57.4 Å². The Balaban J connectivity index is 2.17. The van der Waals surface area contributed by atoms with Crippen molar-refractivity contribution >= 4 is 22.6 Å². The minimum absolute atomic E-state index is 0.116. The fraction of sp³-hybridized carbons (Fsp3) is 0.176. The second-order valence-corrected chi connectivity index (χ2v) is 5.81. The maximum atomic E-state index is 12.8. The van der Waals surface area contributed by atoms with Gasteiger partial charge in [-0.1, -0.05) is 30.0 Å². The molecular formula is C17H14F3N3OS. The molecule has 0 saturated carbocycles. The third kappa shape index (κ3) is 5.72. The van der Waals surface area contributed by atoms with Crippen molar-refractivity contribution in [2.45, 2.75) is 11.9 Å². The van der Waals surface area contributed by atoms with Crippen LogP contribution >= 0.6 is 11.8 Å². The normalized spacial score (nSPS) is 11.7. The van der Waals surface area contributed by atoms with Crippen LogP contribution in [-0.4, -0.2) is 12.3 Å². The van der Waals surface area contributed by atoms with E-state index in [4.69, 9.17) is 10.00 Å². The number of hydrogen-bond acceptors (Lipinski definition) is 4. The number of halogens is 3. The van der Waals surface area contributed by atoms with Crippen LogP contribution < -0.4 is 10.1 Å². The summed E-state index contributed by atoms with van der Waals surface area (Å²) in [7, 11) is 1.56. The Morgan fingerprint density at radius 3 is 2.68 bits per heavy atom. The summed E-state index contributed by atoms with van der Waals surface area (Å²) in [6.07, 6.45) is -2.70. The SMILES string of the molecule is COc1cccc(CSC(=Nc2cccc(C(F)(F)F)c2)NC#N)c1. The summed E-state index contributed by atoms with van der Waals surface area (Å²) < 4.78 is 43.4. The summed E-state index contributed by atoms with van der Waals surface area (Å²) >= 11 is 1.21. The molecule has 0 atom stereocenters. The molecule has 0 fully saturated rings. The van der Waals surface area contributed by atoms with Crippen LogP contribution in [0.5, 0.6) is 5.75 Å². The molecule has 0 aliphatic carbocycles. The fourth-order valence-electron chi connectivity index (χ4n) is 1.93. The van der Waals surface area contributed by atoms with Crippen LogP contribution in [0.15, 0.2) is 53.5 Å². The molecule has 0 bridgehead atoms. The first-order valence-electron chi connectivity index (χ1n) is 7.09. The van der Waals surface area contributed by atoms with Crippen molar-refractivity contribution in [3.05, 3.63) is 59.7 Å². The molecule has 0 unspecified atom stereocenters. The number of thioether (sulfide) groups is 1. The number of hydrogen-bond donors (Lipinski definition) is 1. The van der Waals surface area contributed by atoms with Gasteiger partial charge in [0.25, 0.3) is 0 Å². The predicted molar refractivity (Wildman–Crippen MR) is 91.6 cm³/mol. The molecule has 0 radical (unpaired) electrons. The highest BCUT2D eigenvalue weighted by molar-refractivity contribution is 8.13. The number of nitrogens with zero attached hydrogens (tertiary/aromatic N) is 2. The van der Waals surface area contributed by atoms with Gasteiger partial charge in [0.05, 0.1) is 18.4 Å². The van der Waals surface area contributed by atoms with Gasteiger partial charge in [0.15, 0.2) is 11.4 Å². The van der Waals surface area contributed by atoms with Gasteiger partial charge in [-0.2, -0.15) is 18.4 Å². The van der Waals surface area contributed by atoms with Crippen LogP contribution in [0.3, 0.4) is 0 Å². The largest absolute Gasteiger partial charge is 0.497 e. The number of ether oxygens (including phenoxy) is 1. The first-order chi connectivity index (χ1) is 11.9. The number of amidine groups is 1. The van der Waals surface area contributed by atoms with Gasteiger partial charge in [0, 0.05) is 5.75 Å². The second-order valence-electron chi connectivity index (χ2n) is 4.84. The molecule has 8 heteroatoms. The fourth-order valence-corrected chi connectivity index (χ4v) is 2.70. The Morgan fingerprint density at radius 1 is 1.24 bits per heavy atom. The summed E-state index contributed by atoms with van der Waals surface area (Å²) in [4.78, 5) is 4.09. The van der Waals surface area contributed by atoms with Crippen LogP contribution in [0.25, 0.3) is 0 Å². The third-order valence-corrected chi connectivity index (χ3v) is 4.02. The summed E-state index contributed by atoms with van der Waals surface area (Å²) in [5, 5.41) is 11.4. The zero-order valence-electron chi connectivity index (χ0n) is 13.2. The molecule has 2 rings (SSSR count). The Hall–Kier alpha value is -2.66.